The maximum absolute atomic E-state index is 12.9. The second-order valence-electron chi connectivity index (χ2n) is 7.67. The van der Waals surface area contributed by atoms with Gasteiger partial charge in [-0.2, -0.15) is 13.9 Å². The minimum Gasteiger partial charge on any atom is -0.493 e. The predicted octanol–water partition coefficient (Wildman–Crippen LogP) is 5.12. The van der Waals surface area contributed by atoms with Crippen molar-refractivity contribution in [3.05, 3.63) is 71.8 Å². The molecule has 1 aliphatic rings. The highest BCUT2D eigenvalue weighted by Crippen LogP contribution is 2.34. The Bertz CT molecular complexity index is 1250. The summed E-state index contributed by atoms with van der Waals surface area (Å²) in [7, 11) is 1.37. The summed E-state index contributed by atoms with van der Waals surface area (Å²) in [6.07, 6.45) is 3.53. The van der Waals surface area contributed by atoms with Crippen LogP contribution in [0.3, 0.4) is 0 Å². The van der Waals surface area contributed by atoms with Gasteiger partial charge >= 0.3 is 11.9 Å². The number of anilines is 1. The fourth-order valence-corrected chi connectivity index (χ4v) is 4.50. The lowest BCUT2D eigenvalue weighted by Gasteiger charge is -2.28. The average molecular weight is 516 g/mol. The molecule has 0 aliphatic carbocycles. The zero-order valence-electron chi connectivity index (χ0n) is 19.4. The number of aromatic amines is 1. The first kappa shape index (κ1) is 25.2. The zero-order chi connectivity index (χ0) is 25.7. The number of thioether (sulfide) groups is 1. The molecule has 0 bridgehead atoms. The van der Waals surface area contributed by atoms with Gasteiger partial charge in [0, 0.05) is 17.4 Å². The quantitative estimate of drug-likeness (QED) is 0.409. The summed E-state index contributed by atoms with van der Waals surface area (Å²) in [5.41, 5.74) is 2.76. The molecule has 12 heteroatoms. The molecule has 1 atom stereocenters. The van der Waals surface area contributed by atoms with Crippen LogP contribution >= 0.6 is 11.8 Å². The van der Waals surface area contributed by atoms with Gasteiger partial charge < -0.3 is 19.8 Å². The number of nitrogens with one attached hydrogen (secondary N) is 2. The van der Waals surface area contributed by atoms with Gasteiger partial charge in [-0.15, -0.1) is 0 Å². The summed E-state index contributed by atoms with van der Waals surface area (Å²) >= 11 is 1.13. The Kier molecular flexibility index (Phi) is 7.84. The maximum Gasteiger partial charge on any atom is 0.387 e. The summed E-state index contributed by atoms with van der Waals surface area (Å²) in [4.78, 5) is 31.6. The summed E-state index contributed by atoms with van der Waals surface area (Å²) in [6.45, 7) is -0.897. The van der Waals surface area contributed by atoms with Gasteiger partial charge in [0.05, 0.1) is 30.9 Å². The summed E-state index contributed by atoms with van der Waals surface area (Å²) < 4.78 is 35.5. The fourth-order valence-electron chi connectivity index (χ4n) is 3.56. The highest BCUT2D eigenvalue weighted by atomic mass is 32.2. The number of methoxy groups -OCH3 is 1. The lowest BCUT2D eigenvalue weighted by Crippen LogP contribution is -2.34. The first-order chi connectivity index (χ1) is 17.4. The third-order valence-corrected chi connectivity index (χ3v) is 6.56. The number of aromatic nitrogens is 2. The molecular formula is C24H23F2N5O4S. The number of hydrogen-bond donors (Lipinski definition) is 2. The van der Waals surface area contributed by atoms with Gasteiger partial charge in [0.2, 0.25) is 0 Å². The van der Waals surface area contributed by atoms with Gasteiger partial charge in [0.1, 0.15) is 5.69 Å². The van der Waals surface area contributed by atoms with Crippen molar-refractivity contribution < 1.29 is 27.8 Å². The predicted molar refractivity (Wildman–Crippen MR) is 132 cm³/mol. The van der Waals surface area contributed by atoms with Gasteiger partial charge in [-0.1, -0.05) is 30.8 Å². The van der Waals surface area contributed by atoms with Gasteiger partial charge in [0.25, 0.3) is 5.91 Å². The van der Waals surface area contributed by atoms with Crippen LogP contribution in [0.15, 0.2) is 60.1 Å². The Morgan fingerprint density at radius 3 is 2.64 bits per heavy atom. The molecular weight excluding hydrogens is 492 g/mol. The highest BCUT2D eigenvalue weighted by Gasteiger charge is 2.31. The number of carbonyl (C=O) groups is 2. The Balaban J connectivity index is 1.54. The van der Waals surface area contributed by atoms with Crippen LogP contribution < -0.4 is 14.8 Å². The zero-order valence-corrected chi connectivity index (χ0v) is 20.2. The van der Waals surface area contributed by atoms with Gasteiger partial charge in [-0.3, -0.25) is 9.59 Å². The van der Waals surface area contributed by atoms with Gasteiger partial charge in [-0.05, 0) is 42.3 Å². The smallest absolute Gasteiger partial charge is 0.387 e. The molecule has 188 valence electrons. The number of halogens is 2. The molecule has 0 saturated carbocycles. The van der Waals surface area contributed by atoms with E-state index in [4.69, 9.17) is 4.74 Å². The minimum absolute atomic E-state index is 0.108. The molecule has 2 N–H and O–H groups in total. The molecule has 1 unspecified atom stereocenters. The molecule has 9 nitrogen and oxygen atoms in total. The highest BCUT2D eigenvalue weighted by molar-refractivity contribution is 8.14. The Morgan fingerprint density at radius 1 is 1.22 bits per heavy atom. The second-order valence-corrected chi connectivity index (χ2v) is 8.83. The van der Waals surface area contributed by atoms with E-state index in [0.717, 1.165) is 17.3 Å². The largest absolute Gasteiger partial charge is 0.493 e. The standard InChI is InChI=1S/C24H23F2N5O4S/c1-3-20-21(15-6-9-18(34-2)19(10-15)35-23(25)26)30-31(24(33)36-20)12-14-4-7-16(8-5-14)29-22(32)17-11-27-13-28-17/h4-11,13,20,23H,3,12H2,1-2H3,(H,27,28)(H,29,32). The number of nitrogens with zero attached hydrogens (tertiary/aromatic N) is 3. The van der Waals surface area contributed by atoms with Crippen LogP contribution in [-0.2, 0) is 6.54 Å². The molecule has 0 saturated heterocycles. The number of alkyl halides is 2. The maximum atomic E-state index is 12.9. The van der Waals surface area contributed by atoms with Crippen molar-refractivity contribution in [2.45, 2.75) is 31.8 Å². The van der Waals surface area contributed by atoms with E-state index in [9.17, 15) is 18.4 Å². The van der Waals surface area contributed by atoms with E-state index in [1.54, 1.807) is 30.3 Å². The fraction of sp³-hybridized carbons (Fsp3) is 0.250. The van der Waals surface area contributed by atoms with Crippen molar-refractivity contribution in [3.8, 4) is 11.5 Å². The number of H-pyrrole nitrogens is 1. The minimum atomic E-state index is -3.01. The molecule has 36 heavy (non-hydrogen) atoms. The van der Waals surface area contributed by atoms with E-state index in [1.807, 2.05) is 6.92 Å². The third-order valence-electron chi connectivity index (χ3n) is 5.31. The number of imidazole rings is 1. The second kappa shape index (κ2) is 11.2. The monoisotopic (exact) mass is 515 g/mol. The number of benzene rings is 2. The van der Waals surface area contributed by atoms with Gasteiger partial charge in [-0.25, -0.2) is 9.99 Å². The van der Waals surface area contributed by atoms with Crippen molar-refractivity contribution in [2.75, 3.05) is 12.4 Å². The van der Waals surface area contributed by atoms with E-state index in [0.29, 0.717) is 23.4 Å². The van der Waals surface area contributed by atoms with E-state index in [-0.39, 0.29) is 40.1 Å². The molecule has 0 fully saturated rings. The average Bonchev–Trinajstić information content (AvgIpc) is 3.41. The molecule has 2 aromatic carbocycles. The molecule has 3 aromatic rings. The van der Waals surface area contributed by atoms with E-state index < -0.39 is 6.61 Å². The molecule has 1 aliphatic heterocycles. The third kappa shape index (κ3) is 5.82. The van der Waals surface area contributed by atoms with E-state index in [1.165, 1.54) is 36.8 Å². The van der Waals surface area contributed by atoms with Crippen molar-refractivity contribution in [1.29, 1.82) is 0 Å². The number of ether oxygens (including phenoxy) is 2. The van der Waals surface area contributed by atoms with Crippen molar-refractivity contribution >= 4 is 34.3 Å². The number of amides is 2. The summed E-state index contributed by atoms with van der Waals surface area (Å²) in [5.74, 6) is -0.284. The Hall–Kier alpha value is -3.93. The van der Waals surface area contributed by atoms with Crippen LogP contribution in [0, 0.1) is 0 Å². The Morgan fingerprint density at radius 2 is 2.00 bits per heavy atom. The number of carbonyl (C=O) groups excluding carboxylic acids is 2. The van der Waals surface area contributed by atoms with Crippen LogP contribution in [0.1, 0.15) is 35.0 Å². The van der Waals surface area contributed by atoms with Crippen molar-refractivity contribution in [1.82, 2.24) is 15.0 Å². The number of hydrazone groups is 1. The molecule has 0 radical (unpaired) electrons. The van der Waals surface area contributed by atoms with Crippen LogP contribution in [0.25, 0.3) is 0 Å². The molecule has 0 spiro atoms. The van der Waals surface area contributed by atoms with E-state index >= 15 is 0 Å². The van der Waals surface area contributed by atoms with Crippen molar-refractivity contribution in [3.63, 3.8) is 0 Å². The van der Waals surface area contributed by atoms with Crippen molar-refractivity contribution in [2.24, 2.45) is 5.10 Å². The van der Waals surface area contributed by atoms with Crippen LogP contribution in [0.4, 0.5) is 19.3 Å². The summed E-state index contributed by atoms with van der Waals surface area (Å²) in [5, 5.41) is 8.18. The first-order valence-electron chi connectivity index (χ1n) is 11.0. The molecule has 2 amide bonds. The lowest BCUT2D eigenvalue weighted by atomic mass is 10.0. The molecule has 4 rings (SSSR count). The van der Waals surface area contributed by atoms with E-state index in [2.05, 4.69) is 25.1 Å². The summed E-state index contributed by atoms with van der Waals surface area (Å²) in [6, 6.07) is 11.7. The normalized spacial score (nSPS) is 15.6. The lowest BCUT2D eigenvalue weighted by molar-refractivity contribution is -0.0512. The Labute approximate surface area is 209 Å². The number of hydrogen-bond acceptors (Lipinski definition) is 7. The van der Waals surface area contributed by atoms with Crippen LogP contribution in [-0.4, -0.2) is 50.8 Å². The molecule has 1 aromatic heterocycles. The topological polar surface area (TPSA) is 109 Å². The number of rotatable bonds is 9. The van der Waals surface area contributed by atoms with Gasteiger partial charge in [0.15, 0.2) is 11.5 Å². The van der Waals surface area contributed by atoms with Crippen LogP contribution in [0.2, 0.25) is 0 Å². The SMILES string of the molecule is CCC1SC(=O)N(Cc2ccc(NC(=O)c3c[nH]cn3)cc2)N=C1c1ccc(OC)c(OC(F)F)c1. The first-order valence-corrected chi connectivity index (χ1v) is 11.8. The van der Waals surface area contributed by atoms with Crippen LogP contribution in [0.5, 0.6) is 11.5 Å². The molecule has 2 heterocycles.